The highest BCUT2D eigenvalue weighted by atomic mass is 35.5. The van der Waals surface area contributed by atoms with Crippen LogP contribution >= 0.6 is 11.6 Å². The van der Waals surface area contributed by atoms with E-state index in [4.69, 9.17) is 21.4 Å². The minimum Gasteiger partial charge on any atom is -0.479 e. The van der Waals surface area contributed by atoms with Crippen molar-refractivity contribution in [2.45, 2.75) is 0 Å². The fourth-order valence-corrected chi connectivity index (χ4v) is 1.58. The third-order valence-corrected chi connectivity index (χ3v) is 2.42. The number of aromatic carboxylic acids is 1. The van der Waals surface area contributed by atoms with Crippen LogP contribution in [-0.2, 0) is 0 Å². The average Bonchev–Trinajstić information content (AvgIpc) is 2.29. The highest BCUT2D eigenvalue weighted by molar-refractivity contribution is 6.34. The summed E-state index contributed by atoms with van der Waals surface area (Å²) in [4.78, 5) is 10.8. The molecule has 1 heterocycles. The van der Waals surface area contributed by atoms with Gasteiger partial charge in [-0.05, 0) is 18.2 Å². The molecule has 0 amide bonds. The molecule has 0 aliphatic carbocycles. The van der Waals surface area contributed by atoms with E-state index in [0.717, 1.165) is 0 Å². The molecule has 0 bridgehead atoms. The highest BCUT2D eigenvalue weighted by Crippen LogP contribution is 2.28. The van der Waals surface area contributed by atoms with Crippen molar-refractivity contribution in [3.63, 3.8) is 0 Å². The third-order valence-electron chi connectivity index (χ3n) is 2.14. The minimum absolute atomic E-state index is 0.143. The van der Waals surface area contributed by atoms with E-state index in [9.17, 15) is 4.79 Å². The van der Waals surface area contributed by atoms with E-state index >= 15 is 0 Å². The summed E-state index contributed by atoms with van der Waals surface area (Å²) >= 11 is 5.84. The number of fused-ring (bicyclic) bond motifs is 1. The number of benzene rings is 1. The summed E-state index contributed by atoms with van der Waals surface area (Å²) in [5.74, 6) is -0.704. The first-order chi connectivity index (χ1) is 7.63. The number of nitrogens with zero attached hydrogens (tertiary/aromatic N) is 2. The van der Waals surface area contributed by atoms with Gasteiger partial charge in [0.15, 0.2) is 5.15 Å². The number of carbonyl (C=O) groups is 1. The first-order valence-electron chi connectivity index (χ1n) is 4.36. The van der Waals surface area contributed by atoms with Crippen molar-refractivity contribution in [1.82, 2.24) is 10.2 Å². The topological polar surface area (TPSA) is 72.3 Å². The third kappa shape index (κ3) is 1.65. The van der Waals surface area contributed by atoms with Crippen LogP contribution in [0.5, 0.6) is 5.88 Å². The molecule has 0 fully saturated rings. The second-order valence-corrected chi connectivity index (χ2v) is 3.42. The maximum atomic E-state index is 10.8. The molecule has 5 nitrogen and oxygen atoms in total. The Morgan fingerprint density at radius 1 is 1.38 bits per heavy atom. The summed E-state index contributed by atoms with van der Waals surface area (Å²) in [6.45, 7) is 0. The molecule has 0 radical (unpaired) electrons. The molecule has 1 aromatic heterocycles. The maximum absolute atomic E-state index is 10.8. The first-order valence-corrected chi connectivity index (χ1v) is 4.74. The van der Waals surface area contributed by atoms with Gasteiger partial charge in [-0.1, -0.05) is 11.6 Å². The van der Waals surface area contributed by atoms with E-state index < -0.39 is 5.97 Å². The van der Waals surface area contributed by atoms with Crippen LogP contribution in [0.2, 0.25) is 5.15 Å². The summed E-state index contributed by atoms with van der Waals surface area (Å²) in [5.41, 5.74) is 0.143. The molecular formula is C10H7ClN2O3. The van der Waals surface area contributed by atoms with Gasteiger partial charge in [-0.15, -0.1) is 10.2 Å². The standard InChI is InChI=1S/C10H7ClN2O3/c1-16-9-6-3-2-5(10(14)15)4-7(6)8(11)12-13-9/h2-4H,1H3,(H,14,15). The van der Waals surface area contributed by atoms with E-state index in [1.54, 1.807) is 6.07 Å². The van der Waals surface area contributed by atoms with Crippen molar-refractivity contribution < 1.29 is 14.6 Å². The van der Waals surface area contributed by atoms with E-state index in [0.29, 0.717) is 16.7 Å². The van der Waals surface area contributed by atoms with Crippen molar-refractivity contribution in [3.8, 4) is 5.88 Å². The molecule has 0 aliphatic rings. The molecule has 0 saturated heterocycles. The van der Waals surface area contributed by atoms with Crippen LogP contribution in [0.1, 0.15) is 10.4 Å². The number of hydrogen-bond acceptors (Lipinski definition) is 4. The van der Waals surface area contributed by atoms with Gasteiger partial charge in [-0.3, -0.25) is 0 Å². The molecule has 2 aromatic rings. The molecule has 0 aliphatic heterocycles. The number of rotatable bonds is 2. The first kappa shape index (κ1) is 10.6. The molecular weight excluding hydrogens is 232 g/mol. The number of methoxy groups -OCH3 is 1. The Hall–Kier alpha value is -1.88. The van der Waals surface area contributed by atoms with Crippen LogP contribution in [0.15, 0.2) is 18.2 Å². The lowest BCUT2D eigenvalue weighted by Crippen LogP contribution is -1.98. The zero-order valence-corrected chi connectivity index (χ0v) is 9.02. The van der Waals surface area contributed by atoms with Crippen LogP contribution in [0.25, 0.3) is 10.8 Å². The summed E-state index contributed by atoms with van der Waals surface area (Å²) in [5, 5.41) is 17.6. The monoisotopic (exact) mass is 238 g/mol. The maximum Gasteiger partial charge on any atom is 0.335 e. The number of ether oxygens (including phenoxy) is 1. The molecule has 1 aromatic carbocycles. The van der Waals surface area contributed by atoms with Crippen molar-refractivity contribution in [1.29, 1.82) is 0 Å². The largest absolute Gasteiger partial charge is 0.479 e. The van der Waals surface area contributed by atoms with Crippen LogP contribution in [0.4, 0.5) is 0 Å². The Labute approximate surface area is 95.6 Å². The predicted octanol–water partition coefficient (Wildman–Crippen LogP) is 1.99. The average molecular weight is 239 g/mol. The lowest BCUT2D eigenvalue weighted by Gasteiger charge is -2.05. The summed E-state index contributed by atoms with van der Waals surface area (Å²) < 4.78 is 5.00. The fraction of sp³-hybridized carbons (Fsp3) is 0.100. The summed E-state index contributed by atoms with van der Waals surface area (Å²) in [6.07, 6.45) is 0. The Kier molecular flexibility index (Phi) is 2.62. The van der Waals surface area contributed by atoms with Crippen molar-refractivity contribution in [2.24, 2.45) is 0 Å². The second-order valence-electron chi connectivity index (χ2n) is 3.07. The number of aromatic nitrogens is 2. The number of carboxylic acid groups (broad SMARTS) is 1. The van der Waals surface area contributed by atoms with Gasteiger partial charge in [0.1, 0.15) is 0 Å². The number of halogens is 1. The van der Waals surface area contributed by atoms with Crippen molar-refractivity contribution in [3.05, 3.63) is 28.9 Å². The summed E-state index contributed by atoms with van der Waals surface area (Å²) in [7, 11) is 1.46. The van der Waals surface area contributed by atoms with E-state index in [-0.39, 0.29) is 10.7 Å². The van der Waals surface area contributed by atoms with Gasteiger partial charge in [0, 0.05) is 10.8 Å². The Bertz CT molecular complexity index is 571. The number of hydrogen-bond donors (Lipinski definition) is 1. The van der Waals surface area contributed by atoms with E-state index in [1.807, 2.05) is 0 Å². The predicted molar refractivity (Wildman–Crippen MR) is 58.1 cm³/mol. The van der Waals surface area contributed by atoms with Crippen LogP contribution in [-0.4, -0.2) is 28.4 Å². The molecule has 16 heavy (non-hydrogen) atoms. The van der Waals surface area contributed by atoms with E-state index in [1.165, 1.54) is 19.2 Å². The summed E-state index contributed by atoms with van der Waals surface area (Å²) in [6, 6.07) is 4.50. The zero-order chi connectivity index (χ0) is 11.7. The Morgan fingerprint density at radius 2 is 2.12 bits per heavy atom. The molecule has 0 atom stereocenters. The van der Waals surface area contributed by atoms with Crippen LogP contribution < -0.4 is 4.74 Å². The van der Waals surface area contributed by atoms with Gasteiger partial charge >= 0.3 is 5.97 Å². The van der Waals surface area contributed by atoms with Gasteiger partial charge in [-0.2, -0.15) is 0 Å². The second kappa shape index (κ2) is 3.94. The Balaban J connectivity index is 2.77. The SMILES string of the molecule is COc1nnc(Cl)c2cc(C(=O)O)ccc12. The molecule has 1 N–H and O–H groups in total. The zero-order valence-electron chi connectivity index (χ0n) is 8.27. The normalized spacial score (nSPS) is 10.4. The smallest absolute Gasteiger partial charge is 0.335 e. The molecule has 2 rings (SSSR count). The fourth-order valence-electron chi connectivity index (χ4n) is 1.38. The lowest BCUT2D eigenvalue weighted by atomic mass is 10.1. The van der Waals surface area contributed by atoms with Gasteiger partial charge in [-0.25, -0.2) is 4.79 Å². The Morgan fingerprint density at radius 3 is 2.75 bits per heavy atom. The molecule has 0 unspecified atom stereocenters. The van der Waals surface area contributed by atoms with E-state index in [2.05, 4.69) is 10.2 Å². The van der Waals surface area contributed by atoms with Gasteiger partial charge < -0.3 is 9.84 Å². The van der Waals surface area contributed by atoms with Crippen molar-refractivity contribution in [2.75, 3.05) is 7.11 Å². The van der Waals surface area contributed by atoms with Gasteiger partial charge in [0.05, 0.1) is 12.7 Å². The lowest BCUT2D eigenvalue weighted by molar-refractivity contribution is 0.0697. The van der Waals surface area contributed by atoms with Crippen LogP contribution in [0.3, 0.4) is 0 Å². The van der Waals surface area contributed by atoms with Crippen molar-refractivity contribution >= 4 is 28.3 Å². The molecule has 6 heteroatoms. The van der Waals surface area contributed by atoms with Gasteiger partial charge in [0.25, 0.3) is 0 Å². The van der Waals surface area contributed by atoms with Gasteiger partial charge in [0.2, 0.25) is 5.88 Å². The number of carboxylic acids is 1. The van der Waals surface area contributed by atoms with Crippen LogP contribution in [0, 0.1) is 0 Å². The highest BCUT2D eigenvalue weighted by Gasteiger charge is 2.11. The molecule has 82 valence electrons. The molecule has 0 spiro atoms. The minimum atomic E-state index is -1.02. The molecule has 0 saturated carbocycles. The quantitative estimate of drug-likeness (QED) is 0.866.